The lowest BCUT2D eigenvalue weighted by Gasteiger charge is -2.35. The Morgan fingerprint density at radius 2 is 1.95 bits per heavy atom. The largest absolute Gasteiger partial charge is 0.481 e. The summed E-state index contributed by atoms with van der Waals surface area (Å²) in [5.41, 5.74) is 6.48. The van der Waals surface area contributed by atoms with Crippen LogP contribution < -0.4 is 11.6 Å². The van der Waals surface area contributed by atoms with E-state index in [-0.39, 0.29) is 18.4 Å². The molecule has 7 nitrogen and oxygen atoms in total. The van der Waals surface area contributed by atoms with E-state index in [0.717, 1.165) is 32.2 Å². The van der Waals surface area contributed by atoms with Crippen LogP contribution in [0.3, 0.4) is 0 Å². The Kier molecular flexibility index (Phi) is 7.90. The van der Waals surface area contributed by atoms with Gasteiger partial charge in [0.2, 0.25) is 0 Å². The molecule has 1 saturated heterocycles. The molecule has 0 aromatic heterocycles. The van der Waals surface area contributed by atoms with Gasteiger partial charge in [-0.3, -0.25) is 4.79 Å². The number of carbonyl (C=O) groups excluding carboxylic acids is 1. The van der Waals surface area contributed by atoms with Crippen LogP contribution in [0.25, 0.3) is 0 Å². The van der Waals surface area contributed by atoms with Crippen LogP contribution in [0.1, 0.15) is 38.5 Å². The molecular formula is C15H28N4O3. The van der Waals surface area contributed by atoms with Gasteiger partial charge >= 0.3 is 5.97 Å². The molecule has 0 amide bonds. The molecule has 1 fully saturated rings. The van der Waals surface area contributed by atoms with Crippen molar-refractivity contribution in [1.29, 1.82) is 0 Å². The Labute approximate surface area is 131 Å². The maximum absolute atomic E-state index is 11.4. The van der Waals surface area contributed by atoms with Gasteiger partial charge in [-0.25, -0.2) is 5.84 Å². The number of carboxylic acid groups (broad SMARTS) is 1. The number of aliphatic carboxylic acids is 1. The SMILES string of the molecule is CN1CCC(C(C=O)N(N)/C=C(\N)CCCCC(=O)O)CC1. The molecule has 0 saturated carbocycles. The second kappa shape index (κ2) is 9.42. The molecule has 5 N–H and O–H groups in total. The Bertz CT molecular complexity index is 392. The second-order valence-electron chi connectivity index (χ2n) is 6.02. The lowest BCUT2D eigenvalue weighted by Crippen LogP contribution is -2.47. The molecule has 22 heavy (non-hydrogen) atoms. The topological polar surface area (TPSA) is 113 Å². The van der Waals surface area contributed by atoms with Crippen LogP contribution in [-0.2, 0) is 9.59 Å². The van der Waals surface area contributed by atoms with Gasteiger partial charge in [-0.1, -0.05) is 0 Å². The standard InChI is InChI=1S/C15H28N4O3/c1-18-8-6-12(7-9-18)14(11-20)19(17)10-13(16)4-2-3-5-15(21)22/h10-12,14H,2-9,16-17H2,1H3,(H,21,22)/b13-10-. The highest BCUT2D eigenvalue weighted by atomic mass is 16.4. The van der Waals surface area contributed by atoms with Gasteiger partial charge < -0.3 is 25.5 Å². The number of rotatable bonds is 9. The van der Waals surface area contributed by atoms with E-state index in [9.17, 15) is 9.59 Å². The average molecular weight is 312 g/mol. The lowest BCUT2D eigenvalue weighted by molar-refractivity contribution is -0.137. The van der Waals surface area contributed by atoms with Crippen LogP contribution in [-0.4, -0.2) is 53.4 Å². The van der Waals surface area contributed by atoms with Crippen LogP contribution >= 0.6 is 0 Å². The van der Waals surface area contributed by atoms with Crippen molar-refractivity contribution in [2.24, 2.45) is 17.5 Å². The number of hydrogen-bond donors (Lipinski definition) is 3. The van der Waals surface area contributed by atoms with Gasteiger partial charge in [0.05, 0.1) is 0 Å². The molecule has 0 aromatic carbocycles. The van der Waals surface area contributed by atoms with Crippen molar-refractivity contribution in [2.75, 3.05) is 20.1 Å². The average Bonchev–Trinajstić information content (AvgIpc) is 2.46. The molecule has 1 aliphatic heterocycles. The molecule has 0 spiro atoms. The Balaban J connectivity index is 2.45. The summed E-state index contributed by atoms with van der Waals surface area (Å²) in [5, 5.41) is 9.99. The number of piperidine rings is 1. The van der Waals surface area contributed by atoms with E-state index in [2.05, 4.69) is 11.9 Å². The smallest absolute Gasteiger partial charge is 0.303 e. The fourth-order valence-corrected chi connectivity index (χ4v) is 2.74. The van der Waals surface area contributed by atoms with Crippen molar-refractivity contribution >= 4 is 12.3 Å². The molecule has 0 radical (unpaired) electrons. The number of hydrogen-bond acceptors (Lipinski definition) is 6. The van der Waals surface area contributed by atoms with Crippen molar-refractivity contribution in [2.45, 2.75) is 44.6 Å². The number of aldehydes is 1. The van der Waals surface area contributed by atoms with E-state index < -0.39 is 5.97 Å². The zero-order valence-corrected chi connectivity index (χ0v) is 13.3. The number of allylic oxidation sites excluding steroid dienone is 1. The van der Waals surface area contributed by atoms with Crippen LogP contribution in [0, 0.1) is 5.92 Å². The van der Waals surface area contributed by atoms with E-state index in [1.54, 1.807) is 6.20 Å². The zero-order chi connectivity index (χ0) is 16.5. The first-order valence-corrected chi connectivity index (χ1v) is 7.79. The summed E-state index contributed by atoms with van der Waals surface area (Å²) in [6, 6.07) is -0.355. The first kappa shape index (κ1) is 18.4. The van der Waals surface area contributed by atoms with Gasteiger partial charge in [0.1, 0.15) is 12.3 Å². The molecule has 1 heterocycles. The number of carboxylic acids is 1. The van der Waals surface area contributed by atoms with Crippen LogP contribution in [0.4, 0.5) is 0 Å². The summed E-state index contributed by atoms with van der Waals surface area (Å²) < 4.78 is 0. The molecule has 7 heteroatoms. The summed E-state index contributed by atoms with van der Waals surface area (Å²) in [6.07, 6.45) is 6.40. The highest BCUT2D eigenvalue weighted by Crippen LogP contribution is 2.21. The minimum atomic E-state index is -0.800. The summed E-state index contributed by atoms with van der Waals surface area (Å²) in [6.45, 7) is 1.94. The minimum Gasteiger partial charge on any atom is -0.481 e. The highest BCUT2D eigenvalue weighted by molar-refractivity contribution is 5.66. The van der Waals surface area contributed by atoms with Crippen molar-refractivity contribution in [1.82, 2.24) is 9.91 Å². The summed E-state index contributed by atoms with van der Waals surface area (Å²) >= 11 is 0. The Hall–Kier alpha value is -1.60. The predicted octanol–water partition coefficient (Wildman–Crippen LogP) is 0.517. The zero-order valence-electron chi connectivity index (χ0n) is 13.3. The molecule has 1 aliphatic rings. The monoisotopic (exact) mass is 312 g/mol. The highest BCUT2D eigenvalue weighted by Gasteiger charge is 2.27. The van der Waals surface area contributed by atoms with Gasteiger partial charge in [-0.2, -0.15) is 0 Å². The molecule has 1 atom stereocenters. The maximum Gasteiger partial charge on any atom is 0.303 e. The van der Waals surface area contributed by atoms with Crippen LogP contribution in [0.15, 0.2) is 11.9 Å². The van der Waals surface area contributed by atoms with E-state index in [1.807, 2.05) is 0 Å². The van der Waals surface area contributed by atoms with Gasteiger partial charge in [0.25, 0.3) is 0 Å². The fourth-order valence-electron chi connectivity index (χ4n) is 2.74. The third-order valence-corrected chi connectivity index (χ3v) is 4.15. The third kappa shape index (κ3) is 6.44. The fraction of sp³-hybridized carbons (Fsp3) is 0.733. The van der Waals surface area contributed by atoms with Gasteiger partial charge in [-0.05, 0) is 58.2 Å². The third-order valence-electron chi connectivity index (χ3n) is 4.15. The quantitative estimate of drug-likeness (QED) is 0.246. The van der Waals surface area contributed by atoms with E-state index in [0.29, 0.717) is 25.0 Å². The second-order valence-corrected chi connectivity index (χ2v) is 6.02. The van der Waals surface area contributed by atoms with Gasteiger partial charge in [0, 0.05) is 18.3 Å². The maximum atomic E-state index is 11.4. The molecule has 0 aromatic rings. The molecule has 1 rings (SSSR count). The lowest BCUT2D eigenvalue weighted by atomic mass is 9.90. The Morgan fingerprint density at radius 3 is 2.50 bits per heavy atom. The summed E-state index contributed by atoms with van der Waals surface area (Å²) in [5.74, 6) is 5.43. The molecule has 126 valence electrons. The number of likely N-dealkylation sites (tertiary alicyclic amines) is 1. The van der Waals surface area contributed by atoms with Gasteiger partial charge in [-0.15, -0.1) is 0 Å². The van der Waals surface area contributed by atoms with Crippen LogP contribution in [0.5, 0.6) is 0 Å². The van der Waals surface area contributed by atoms with E-state index in [4.69, 9.17) is 16.7 Å². The number of nitrogens with two attached hydrogens (primary N) is 2. The number of carbonyl (C=O) groups is 2. The van der Waals surface area contributed by atoms with E-state index in [1.165, 1.54) is 5.01 Å². The summed E-state index contributed by atoms with van der Waals surface area (Å²) in [7, 11) is 2.07. The van der Waals surface area contributed by atoms with E-state index >= 15 is 0 Å². The minimum absolute atomic E-state index is 0.145. The molecular weight excluding hydrogens is 284 g/mol. The van der Waals surface area contributed by atoms with Crippen molar-refractivity contribution < 1.29 is 14.7 Å². The van der Waals surface area contributed by atoms with Crippen molar-refractivity contribution in [3.05, 3.63) is 11.9 Å². The molecule has 1 unspecified atom stereocenters. The number of unbranched alkanes of at least 4 members (excludes halogenated alkanes) is 1. The first-order valence-electron chi connectivity index (χ1n) is 7.79. The number of hydrazine groups is 1. The van der Waals surface area contributed by atoms with Crippen LogP contribution in [0.2, 0.25) is 0 Å². The summed E-state index contributed by atoms with van der Waals surface area (Å²) in [4.78, 5) is 24.0. The van der Waals surface area contributed by atoms with Gasteiger partial charge in [0.15, 0.2) is 0 Å². The normalized spacial score (nSPS) is 18.9. The first-order chi connectivity index (χ1) is 10.4. The predicted molar refractivity (Wildman–Crippen MR) is 84.5 cm³/mol. The Morgan fingerprint density at radius 1 is 1.36 bits per heavy atom. The van der Waals surface area contributed by atoms with Crippen molar-refractivity contribution in [3.8, 4) is 0 Å². The van der Waals surface area contributed by atoms with Crippen molar-refractivity contribution in [3.63, 3.8) is 0 Å². The molecule has 0 aliphatic carbocycles. The molecule has 0 bridgehead atoms. The number of nitrogens with zero attached hydrogens (tertiary/aromatic N) is 2.